The van der Waals surface area contributed by atoms with Gasteiger partial charge < -0.3 is 10.6 Å². The number of anilines is 2. The van der Waals surface area contributed by atoms with E-state index in [4.69, 9.17) is 0 Å². The van der Waals surface area contributed by atoms with Gasteiger partial charge in [0, 0.05) is 49.5 Å². The van der Waals surface area contributed by atoms with E-state index >= 15 is 0 Å². The van der Waals surface area contributed by atoms with E-state index in [2.05, 4.69) is 30.7 Å². The number of piperidine rings is 1. The maximum atomic E-state index is 13.7. The number of hydrogen-bond acceptors (Lipinski definition) is 11. The monoisotopic (exact) mass is 637 g/mol. The van der Waals surface area contributed by atoms with Gasteiger partial charge in [-0.2, -0.15) is 13.4 Å². The van der Waals surface area contributed by atoms with Crippen LogP contribution in [0.5, 0.6) is 0 Å². The van der Waals surface area contributed by atoms with Gasteiger partial charge in [0.25, 0.3) is 22.0 Å². The summed E-state index contributed by atoms with van der Waals surface area (Å²) in [6.07, 6.45) is 3.11. The second-order valence-electron chi connectivity index (χ2n) is 9.99. The Bertz CT molecular complexity index is 1880. The van der Waals surface area contributed by atoms with E-state index < -0.39 is 37.6 Å². The molecule has 0 amide bonds. The number of fused-ring (bicyclic) bond motifs is 1. The summed E-state index contributed by atoms with van der Waals surface area (Å²) < 4.78 is 79.7. The number of pyridine rings is 1. The Labute approximate surface area is 245 Å². The number of hydrogen-bond donors (Lipinski definition) is 2. The molecular weight excluding hydrogens is 608 g/mol. The standard InChI is InChI=1S/C25H29F2N9O5S2/c1-42(38,39)34-10-6-18(7-11-34)32-25-30-14-17-12-21(22(26)27)24(37)35(23(17)33-25)9-3-8-29-19-4-2-5-20(13-19)43(40,41)36-16-28-15-31-36/h2,4-5,12-16,18,22,29H,3,6-11H2,1H3,(H,30,32,33). The average molecular weight is 638 g/mol. The summed E-state index contributed by atoms with van der Waals surface area (Å²) >= 11 is 0. The number of aromatic nitrogens is 6. The topological polar surface area (TPSA) is 174 Å². The van der Waals surface area contributed by atoms with Crippen molar-refractivity contribution in [3.8, 4) is 0 Å². The second-order valence-corrected chi connectivity index (χ2v) is 13.8. The molecule has 43 heavy (non-hydrogen) atoms. The zero-order valence-corrected chi connectivity index (χ0v) is 24.6. The number of benzene rings is 1. The normalized spacial score (nSPS) is 15.3. The summed E-state index contributed by atoms with van der Waals surface area (Å²) in [5.41, 5.74) is -0.852. The fraction of sp³-hybridized carbons (Fsp3) is 0.400. The van der Waals surface area contributed by atoms with Gasteiger partial charge in [0.1, 0.15) is 18.3 Å². The molecule has 230 valence electrons. The van der Waals surface area contributed by atoms with Crippen molar-refractivity contribution in [3.05, 3.63) is 65.1 Å². The van der Waals surface area contributed by atoms with Crippen LogP contribution in [-0.4, -0.2) is 81.8 Å². The Hall–Kier alpha value is -4.03. The van der Waals surface area contributed by atoms with Crippen molar-refractivity contribution in [1.29, 1.82) is 0 Å². The number of sulfonamides is 1. The van der Waals surface area contributed by atoms with Gasteiger partial charge in [0.2, 0.25) is 16.0 Å². The highest BCUT2D eigenvalue weighted by molar-refractivity contribution is 7.89. The highest BCUT2D eigenvalue weighted by Crippen LogP contribution is 2.22. The molecule has 4 heterocycles. The molecule has 5 rings (SSSR count). The fourth-order valence-electron chi connectivity index (χ4n) is 4.80. The lowest BCUT2D eigenvalue weighted by Crippen LogP contribution is -2.42. The molecule has 1 fully saturated rings. The van der Waals surface area contributed by atoms with Crippen LogP contribution >= 0.6 is 0 Å². The van der Waals surface area contributed by atoms with Crippen LogP contribution in [-0.2, 0) is 26.6 Å². The molecule has 1 aliphatic rings. The smallest absolute Gasteiger partial charge is 0.284 e. The van der Waals surface area contributed by atoms with Crippen molar-refractivity contribution in [1.82, 2.24) is 33.0 Å². The molecule has 0 radical (unpaired) electrons. The van der Waals surface area contributed by atoms with E-state index in [0.29, 0.717) is 38.0 Å². The van der Waals surface area contributed by atoms with Crippen molar-refractivity contribution < 1.29 is 25.6 Å². The highest BCUT2D eigenvalue weighted by atomic mass is 32.2. The molecule has 0 spiro atoms. The van der Waals surface area contributed by atoms with Crippen molar-refractivity contribution in [3.63, 3.8) is 0 Å². The highest BCUT2D eigenvalue weighted by Gasteiger charge is 2.26. The minimum absolute atomic E-state index is 0.00595. The first-order valence-electron chi connectivity index (χ1n) is 13.3. The summed E-state index contributed by atoms with van der Waals surface area (Å²) in [5, 5.41) is 10.2. The lowest BCUT2D eigenvalue weighted by atomic mass is 10.1. The molecule has 0 unspecified atom stereocenters. The van der Waals surface area contributed by atoms with Gasteiger partial charge in [-0.1, -0.05) is 6.07 Å². The molecule has 0 saturated carbocycles. The molecule has 1 saturated heterocycles. The molecule has 14 nitrogen and oxygen atoms in total. The molecule has 1 aromatic carbocycles. The SMILES string of the molecule is CS(=O)(=O)N1CCC(Nc2ncc3cc(C(F)F)c(=O)n(CCCNc4cccc(S(=O)(=O)n5cncn5)c4)c3n2)CC1. The molecule has 2 N–H and O–H groups in total. The van der Waals surface area contributed by atoms with Gasteiger partial charge in [0.15, 0.2) is 0 Å². The Morgan fingerprint density at radius 2 is 1.88 bits per heavy atom. The molecule has 4 aromatic rings. The summed E-state index contributed by atoms with van der Waals surface area (Å²) in [7, 11) is -7.20. The van der Waals surface area contributed by atoms with Crippen LogP contribution in [0.4, 0.5) is 20.4 Å². The predicted octanol–water partition coefficient (Wildman–Crippen LogP) is 1.90. The van der Waals surface area contributed by atoms with E-state index in [1.807, 2.05) is 0 Å². The van der Waals surface area contributed by atoms with Crippen LogP contribution in [0.15, 0.2) is 58.9 Å². The third-order valence-corrected chi connectivity index (χ3v) is 9.84. The van der Waals surface area contributed by atoms with Crippen LogP contribution in [0.2, 0.25) is 0 Å². The summed E-state index contributed by atoms with van der Waals surface area (Å²) in [4.78, 5) is 25.4. The molecule has 0 aliphatic carbocycles. The Morgan fingerprint density at radius 3 is 2.56 bits per heavy atom. The van der Waals surface area contributed by atoms with Crippen LogP contribution in [0.3, 0.4) is 0 Å². The zero-order valence-electron chi connectivity index (χ0n) is 23.0. The van der Waals surface area contributed by atoms with Crippen LogP contribution in [0.25, 0.3) is 11.0 Å². The van der Waals surface area contributed by atoms with E-state index in [-0.39, 0.29) is 41.0 Å². The number of alkyl halides is 2. The Morgan fingerprint density at radius 1 is 1.12 bits per heavy atom. The molecule has 0 bridgehead atoms. The number of aryl methyl sites for hydroxylation is 1. The predicted molar refractivity (Wildman–Crippen MR) is 154 cm³/mol. The minimum Gasteiger partial charge on any atom is -0.385 e. The summed E-state index contributed by atoms with van der Waals surface area (Å²) in [6, 6.07) is 7.07. The summed E-state index contributed by atoms with van der Waals surface area (Å²) in [5.74, 6) is 0.201. The van der Waals surface area contributed by atoms with Crippen molar-refractivity contribution >= 4 is 42.7 Å². The largest absolute Gasteiger partial charge is 0.385 e. The van der Waals surface area contributed by atoms with E-state index in [0.717, 1.165) is 29.1 Å². The fourth-order valence-corrected chi connectivity index (χ4v) is 6.76. The van der Waals surface area contributed by atoms with Crippen molar-refractivity contribution in [2.24, 2.45) is 0 Å². The quantitative estimate of drug-likeness (QED) is 0.230. The molecule has 3 aromatic heterocycles. The van der Waals surface area contributed by atoms with Gasteiger partial charge in [-0.3, -0.25) is 9.36 Å². The van der Waals surface area contributed by atoms with Gasteiger partial charge in [-0.05, 0) is 43.5 Å². The molecule has 18 heteroatoms. The third kappa shape index (κ3) is 6.80. The first kappa shape index (κ1) is 30.4. The lowest BCUT2D eigenvalue weighted by Gasteiger charge is -2.30. The van der Waals surface area contributed by atoms with Crippen molar-refractivity contribution in [2.45, 2.75) is 43.2 Å². The van der Waals surface area contributed by atoms with Crippen LogP contribution in [0.1, 0.15) is 31.3 Å². The molecule has 1 aliphatic heterocycles. The Balaban J connectivity index is 1.30. The van der Waals surface area contributed by atoms with Gasteiger partial charge in [-0.25, -0.2) is 31.5 Å². The minimum atomic E-state index is -3.92. The number of rotatable bonds is 11. The van der Waals surface area contributed by atoms with Gasteiger partial charge in [0.05, 0.1) is 16.7 Å². The zero-order chi connectivity index (χ0) is 30.8. The van der Waals surface area contributed by atoms with E-state index in [9.17, 15) is 30.4 Å². The van der Waals surface area contributed by atoms with Gasteiger partial charge in [-0.15, -0.1) is 9.19 Å². The molecule has 0 atom stereocenters. The van der Waals surface area contributed by atoms with Crippen LogP contribution in [0, 0.1) is 0 Å². The van der Waals surface area contributed by atoms with Crippen LogP contribution < -0.4 is 16.2 Å². The number of nitrogens with one attached hydrogen (secondary N) is 2. The first-order valence-corrected chi connectivity index (χ1v) is 16.6. The Kier molecular flexibility index (Phi) is 8.70. The number of halogens is 2. The second kappa shape index (κ2) is 12.3. The summed E-state index contributed by atoms with van der Waals surface area (Å²) in [6.45, 7) is 1.02. The average Bonchev–Trinajstić information content (AvgIpc) is 3.52. The third-order valence-electron chi connectivity index (χ3n) is 7.01. The van der Waals surface area contributed by atoms with Gasteiger partial charge >= 0.3 is 0 Å². The maximum absolute atomic E-state index is 13.7. The number of nitrogens with zero attached hydrogens (tertiary/aromatic N) is 7. The van der Waals surface area contributed by atoms with E-state index in [1.54, 1.807) is 12.1 Å². The maximum Gasteiger partial charge on any atom is 0.284 e. The van der Waals surface area contributed by atoms with Crippen molar-refractivity contribution in [2.75, 3.05) is 36.5 Å². The molecular formula is C25H29F2N9O5S2. The van der Waals surface area contributed by atoms with E-state index in [1.165, 1.54) is 27.2 Å². The lowest BCUT2D eigenvalue weighted by molar-refractivity contribution is 0.149. The first-order chi connectivity index (χ1) is 20.4.